The maximum absolute atomic E-state index is 2.70. The molecule has 2 aromatic carbocycles. The topological polar surface area (TPSA) is 3.24 Å². The van der Waals surface area contributed by atoms with Gasteiger partial charge in [-0.3, -0.25) is 0 Å². The van der Waals surface area contributed by atoms with Gasteiger partial charge in [-0.2, -0.15) is 0 Å². The predicted octanol–water partition coefficient (Wildman–Crippen LogP) is 6.95. The molecule has 0 aliphatic heterocycles. The first-order chi connectivity index (χ1) is 13.1. The molecule has 148 valence electrons. The van der Waals surface area contributed by atoms with Gasteiger partial charge < -0.3 is 4.90 Å². The second-order valence-corrected chi connectivity index (χ2v) is 13.6. The summed E-state index contributed by atoms with van der Waals surface area (Å²) in [6.45, 7) is 8.44. The molecule has 0 aliphatic carbocycles. The molecule has 1 unspecified atom stereocenters. The summed E-state index contributed by atoms with van der Waals surface area (Å²) in [5.41, 5.74) is 3.71. The van der Waals surface area contributed by atoms with E-state index in [1.807, 2.05) is 0 Å². The van der Waals surface area contributed by atoms with Crippen LogP contribution in [0.2, 0.25) is 18.1 Å². The van der Waals surface area contributed by atoms with E-state index in [4.69, 9.17) is 0 Å². The van der Waals surface area contributed by atoms with E-state index in [1.54, 1.807) is 0 Å². The molecule has 0 heterocycles. The minimum Gasteiger partial charge on any atom is -0.302 e. The first-order valence-corrected chi connectivity index (χ1v) is 13.6. The highest BCUT2D eigenvalue weighted by Gasteiger charge is 2.38. The zero-order valence-electron chi connectivity index (χ0n) is 18.0. The number of aryl methyl sites for hydroxylation is 1. The minimum absolute atomic E-state index is 0.786. The number of hydrogen-bond donors (Lipinski definition) is 0. The van der Waals surface area contributed by atoms with Crippen molar-refractivity contribution in [2.24, 2.45) is 0 Å². The molecule has 0 radical (unpaired) electrons. The van der Waals surface area contributed by atoms with E-state index >= 15 is 0 Å². The van der Waals surface area contributed by atoms with Crippen LogP contribution in [0.15, 0.2) is 60.7 Å². The highest BCUT2D eigenvalue weighted by molar-refractivity contribution is 6.81. The molecule has 0 aliphatic rings. The first-order valence-electron chi connectivity index (χ1n) is 10.9. The number of benzene rings is 2. The standard InChI is InChI=1S/C25H39NSi/c1-5-27(6-2,7-3)25(26(4)22-24-19-12-9-13-20-24)21-15-14-18-23-16-10-8-11-17-23/h8-13,16-17,19-20,25H,5-7,14-15,18,21-22H2,1-4H3. The van der Waals surface area contributed by atoms with Gasteiger partial charge in [-0.1, -0.05) is 106 Å². The molecule has 0 saturated heterocycles. The molecular formula is C25H39NSi. The molecule has 0 N–H and O–H groups in total. The smallest absolute Gasteiger partial charge is 0.0721 e. The minimum atomic E-state index is -1.27. The summed E-state index contributed by atoms with van der Waals surface area (Å²) in [6.07, 6.45) is 5.22. The van der Waals surface area contributed by atoms with Crippen molar-refractivity contribution in [3.63, 3.8) is 0 Å². The average molecular weight is 382 g/mol. The summed E-state index contributed by atoms with van der Waals surface area (Å²) in [5.74, 6) is 0. The largest absolute Gasteiger partial charge is 0.302 e. The van der Waals surface area contributed by atoms with Crippen LogP contribution in [0.3, 0.4) is 0 Å². The van der Waals surface area contributed by atoms with Gasteiger partial charge >= 0.3 is 0 Å². The van der Waals surface area contributed by atoms with Crippen LogP contribution in [0.5, 0.6) is 0 Å². The molecule has 1 nitrogen and oxygen atoms in total. The van der Waals surface area contributed by atoms with Crippen molar-refractivity contribution in [3.05, 3.63) is 71.8 Å². The highest BCUT2D eigenvalue weighted by Crippen LogP contribution is 2.31. The van der Waals surface area contributed by atoms with Gasteiger partial charge in [0.25, 0.3) is 0 Å². The third kappa shape index (κ3) is 6.33. The number of nitrogens with zero attached hydrogens (tertiary/aromatic N) is 1. The quantitative estimate of drug-likeness (QED) is 0.284. The molecule has 1 atom stereocenters. The van der Waals surface area contributed by atoms with Crippen LogP contribution in [0, 0.1) is 0 Å². The molecule has 0 bridgehead atoms. The number of hydrogen-bond acceptors (Lipinski definition) is 1. The van der Waals surface area contributed by atoms with Crippen molar-refractivity contribution >= 4 is 8.07 Å². The normalized spacial score (nSPS) is 13.1. The molecule has 0 aromatic heterocycles. The number of rotatable bonds is 12. The van der Waals surface area contributed by atoms with Crippen molar-refractivity contribution < 1.29 is 0 Å². The Morgan fingerprint density at radius 2 is 1.26 bits per heavy atom. The number of unbranched alkanes of at least 4 members (excludes halogenated alkanes) is 1. The van der Waals surface area contributed by atoms with Crippen LogP contribution in [0.25, 0.3) is 0 Å². The van der Waals surface area contributed by atoms with E-state index in [-0.39, 0.29) is 0 Å². The Hall–Kier alpha value is -1.38. The molecule has 27 heavy (non-hydrogen) atoms. The average Bonchev–Trinajstić information content (AvgIpc) is 2.72. The lowest BCUT2D eigenvalue weighted by Crippen LogP contribution is -2.54. The van der Waals surface area contributed by atoms with E-state index in [2.05, 4.69) is 93.4 Å². The van der Waals surface area contributed by atoms with E-state index in [0.29, 0.717) is 0 Å². The fraction of sp³-hybridized carbons (Fsp3) is 0.520. The van der Waals surface area contributed by atoms with E-state index < -0.39 is 8.07 Å². The van der Waals surface area contributed by atoms with Crippen LogP contribution >= 0.6 is 0 Å². The summed E-state index contributed by atoms with van der Waals surface area (Å²) >= 11 is 0. The van der Waals surface area contributed by atoms with Crippen LogP contribution < -0.4 is 0 Å². The van der Waals surface area contributed by atoms with Crippen LogP contribution in [-0.4, -0.2) is 25.7 Å². The second-order valence-electron chi connectivity index (χ2n) is 8.07. The Bertz CT molecular complexity index is 613. The molecule has 0 amide bonds. The van der Waals surface area contributed by atoms with Crippen molar-refractivity contribution in [2.75, 3.05) is 7.05 Å². The van der Waals surface area contributed by atoms with Crippen molar-refractivity contribution in [1.29, 1.82) is 0 Å². The molecule has 2 heteroatoms. The first kappa shape index (κ1) is 21.9. The molecule has 2 aromatic rings. The maximum atomic E-state index is 2.70. The lowest BCUT2D eigenvalue weighted by molar-refractivity contribution is 0.271. The van der Waals surface area contributed by atoms with Crippen molar-refractivity contribution in [1.82, 2.24) is 4.90 Å². The predicted molar refractivity (Wildman–Crippen MR) is 123 cm³/mol. The Labute approximate surface area is 168 Å². The summed E-state index contributed by atoms with van der Waals surface area (Å²) in [7, 11) is 1.11. The zero-order chi connectivity index (χ0) is 19.5. The third-order valence-electron chi connectivity index (χ3n) is 6.66. The fourth-order valence-corrected chi connectivity index (χ4v) is 9.50. The zero-order valence-corrected chi connectivity index (χ0v) is 19.0. The van der Waals surface area contributed by atoms with Crippen LogP contribution in [0.1, 0.15) is 51.2 Å². The Balaban J connectivity index is 2.02. The third-order valence-corrected chi connectivity index (χ3v) is 13.0. The SMILES string of the molecule is CC[Si](CC)(CC)C(CCCCc1ccccc1)N(C)Cc1ccccc1. The van der Waals surface area contributed by atoms with Crippen LogP contribution in [-0.2, 0) is 13.0 Å². The van der Waals surface area contributed by atoms with Gasteiger partial charge in [0, 0.05) is 12.2 Å². The Kier molecular flexibility index (Phi) is 9.30. The van der Waals surface area contributed by atoms with Gasteiger partial charge in [0.05, 0.1) is 8.07 Å². The summed E-state index contributed by atoms with van der Waals surface area (Å²) in [5, 5.41) is 0. The summed E-state index contributed by atoms with van der Waals surface area (Å²) in [4.78, 5) is 2.70. The molecule has 0 spiro atoms. The van der Waals surface area contributed by atoms with E-state index in [1.165, 1.54) is 54.9 Å². The van der Waals surface area contributed by atoms with Gasteiger partial charge in [-0.15, -0.1) is 0 Å². The maximum Gasteiger partial charge on any atom is 0.0721 e. The van der Waals surface area contributed by atoms with Crippen LogP contribution in [0.4, 0.5) is 0 Å². The lowest BCUT2D eigenvalue weighted by atomic mass is 10.1. The van der Waals surface area contributed by atoms with Gasteiger partial charge in [-0.25, -0.2) is 0 Å². The summed E-state index contributed by atoms with van der Waals surface area (Å²) in [6, 6.07) is 26.2. The van der Waals surface area contributed by atoms with Gasteiger partial charge in [0.1, 0.15) is 0 Å². The van der Waals surface area contributed by atoms with Crippen molar-refractivity contribution in [2.45, 2.75) is 76.8 Å². The Morgan fingerprint density at radius 3 is 1.78 bits per heavy atom. The van der Waals surface area contributed by atoms with E-state index in [9.17, 15) is 0 Å². The monoisotopic (exact) mass is 381 g/mol. The Morgan fingerprint density at radius 1 is 0.741 bits per heavy atom. The fourth-order valence-electron chi connectivity index (χ4n) is 4.74. The van der Waals surface area contributed by atoms with Gasteiger partial charge in [0.2, 0.25) is 0 Å². The van der Waals surface area contributed by atoms with E-state index in [0.717, 1.165) is 12.2 Å². The van der Waals surface area contributed by atoms with Gasteiger partial charge in [-0.05, 0) is 37.4 Å². The van der Waals surface area contributed by atoms with Gasteiger partial charge in [0.15, 0.2) is 0 Å². The molecular weight excluding hydrogens is 342 g/mol. The second kappa shape index (κ2) is 11.5. The highest BCUT2D eigenvalue weighted by atomic mass is 28.3. The molecule has 0 saturated carbocycles. The van der Waals surface area contributed by atoms with Crippen molar-refractivity contribution in [3.8, 4) is 0 Å². The molecule has 2 rings (SSSR count). The lowest BCUT2D eigenvalue weighted by Gasteiger charge is -2.43. The molecule has 0 fully saturated rings. The summed E-state index contributed by atoms with van der Waals surface area (Å²) < 4.78 is 0.